The molecule has 1 amide bonds. The second kappa shape index (κ2) is 6.97. The predicted molar refractivity (Wildman–Crippen MR) is 74.2 cm³/mol. The predicted octanol–water partition coefficient (Wildman–Crippen LogP) is 0.523. The highest BCUT2D eigenvalue weighted by molar-refractivity contribution is 5.83. The Labute approximate surface area is 116 Å². The molecule has 0 bridgehead atoms. The lowest BCUT2D eigenvalue weighted by atomic mass is 9.99. The summed E-state index contributed by atoms with van der Waals surface area (Å²) in [6.07, 6.45) is -0.719. The van der Waals surface area contributed by atoms with E-state index in [-0.39, 0.29) is 18.1 Å². The first-order chi connectivity index (χ1) is 9.32. The van der Waals surface area contributed by atoms with Crippen molar-refractivity contribution in [1.29, 1.82) is 0 Å². The highest BCUT2D eigenvalue weighted by Crippen LogP contribution is 2.20. The molecule has 3 atom stereocenters. The summed E-state index contributed by atoms with van der Waals surface area (Å²) in [5.41, 5.74) is 6.12. The van der Waals surface area contributed by atoms with E-state index < -0.39 is 23.0 Å². The smallest absolute Gasteiger partial charge is 0.269 e. The van der Waals surface area contributed by atoms with Crippen LogP contribution in [0.1, 0.15) is 25.3 Å². The van der Waals surface area contributed by atoms with Gasteiger partial charge >= 0.3 is 0 Å². The summed E-state index contributed by atoms with van der Waals surface area (Å²) >= 11 is 0. The van der Waals surface area contributed by atoms with Gasteiger partial charge in [-0.2, -0.15) is 0 Å². The Morgan fingerprint density at radius 2 is 2.15 bits per heavy atom. The minimum absolute atomic E-state index is 0.0529. The molecule has 0 radical (unpaired) electrons. The molecule has 7 nitrogen and oxygen atoms in total. The number of rotatable bonds is 6. The fourth-order valence-corrected chi connectivity index (χ4v) is 1.60. The van der Waals surface area contributed by atoms with Crippen molar-refractivity contribution in [3.05, 3.63) is 39.9 Å². The van der Waals surface area contributed by atoms with Crippen molar-refractivity contribution >= 4 is 11.6 Å². The number of aliphatic hydroxyl groups is 1. The Kier molecular flexibility index (Phi) is 5.60. The molecule has 1 rings (SSSR count). The molecular weight excluding hydrogens is 262 g/mol. The van der Waals surface area contributed by atoms with Crippen LogP contribution in [-0.2, 0) is 4.79 Å². The highest BCUT2D eigenvalue weighted by atomic mass is 16.6. The zero-order valence-electron chi connectivity index (χ0n) is 11.4. The lowest BCUT2D eigenvalue weighted by Crippen LogP contribution is -2.44. The number of nitrogens with zero attached hydrogens (tertiary/aromatic N) is 1. The maximum absolute atomic E-state index is 11.9. The number of non-ortho nitro benzene ring substituents is 1. The Morgan fingerprint density at radius 3 is 2.70 bits per heavy atom. The fourth-order valence-electron chi connectivity index (χ4n) is 1.60. The topological polar surface area (TPSA) is 118 Å². The third kappa shape index (κ3) is 4.29. The summed E-state index contributed by atoms with van der Waals surface area (Å²) in [6, 6.07) is 5.40. The maximum Gasteiger partial charge on any atom is 0.269 e. The lowest BCUT2D eigenvalue weighted by molar-refractivity contribution is -0.384. The van der Waals surface area contributed by atoms with Gasteiger partial charge in [0.1, 0.15) is 0 Å². The molecule has 1 aromatic rings. The SMILES string of the molecule is CC(C(=O)NCC(N)C(C)O)c1cccc([N+](=O)[O-])c1. The maximum atomic E-state index is 11.9. The summed E-state index contributed by atoms with van der Waals surface area (Å²) in [6.45, 7) is 3.35. The van der Waals surface area contributed by atoms with Gasteiger partial charge in [-0.05, 0) is 19.4 Å². The molecule has 0 spiro atoms. The second-order valence-electron chi connectivity index (χ2n) is 4.72. The Balaban J connectivity index is 2.69. The molecule has 7 heteroatoms. The summed E-state index contributed by atoms with van der Waals surface area (Å²) < 4.78 is 0. The lowest BCUT2D eigenvalue weighted by Gasteiger charge is -2.17. The van der Waals surface area contributed by atoms with Crippen LogP contribution >= 0.6 is 0 Å². The molecule has 3 unspecified atom stereocenters. The standard InChI is InChI=1S/C13H19N3O4/c1-8(13(18)15-7-12(14)9(2)17)10-4-3-5-11(6-10)16(19)20/h3-6,8-9,12,17H,7,14H2,1-2H3,(H,15,18). The molecule has 0 fully saturated rings. The Hall–Kier alpha value is -1.99. The largest absolute Gasteiger partial charge is 0.392 e. The van der Waals surface area contributed by atoms with Crippen LogP contribution in [0.4, 0.5) is 5.69 Å². The quantitative estimate of drug-likeness (QED) is 0.519. The van der Waals surface area contributed by atoms with Crippen molar-refractivity contribution in [2.45, 2.75) is 31.9 Å². The number of carbonyl (C=O) groups excluding carboxylic acids is 1. The molecule has 0 aliphatic carbocycles. The number of nitrogens with two attached hydrogens (primary N) is 1. The molecule has 0 aromatic heterocycles. The van der Waals surface area contributed by atoms with Gasteiger partial charge in [-0.15, -0.1) is 0 Å². The van der Waals surface area contributed by atoms with Crippen molar-refractivity contribution in [2.75, 3.05) is 6.54 Å². The monoisotopic (exact) mass is 281 g/mol. The van der Waals surface area contributed by atoms with Crippen LogP contribution in [0.15, 0.2) is 24.3 Å². The van der Waals surface area contributed by atoms with Crippen molar-refractivity contribution in [3.63, 3.8) is 0 Å². The molecule has 0 aliphatic rings. The second-order valence-corrected chi connectivity index (χ2v) is 4.72. The van der Waals surface area contributed by atoms with Crippen LogP contribution in [0.3, 0.4) is 0 Å². The normalized spacial score (nSPS) is 15.2. The van der Waals surface area contributed by atoms with Crippen LogP contribution in [-0.4, -0.2) is 34.6 Å². The summed E-state index contributed by atoms with van der Waals surface area (Å²) in [5.74, 6) is -0.822. The van der Waals surface area contributed by atoms with Crippen LogP contribution in [0.25, 0.3) is 0 Å². The van der Waals surface area contributed by atoms with Gasteiger partial charge in [-0.25, -0.2) is 0 Å². The summed E-state index contributed by atoms with van der Waals surface area (Å²) in [4.78, 5) is 22.1. The average molecular weight is 281 g/mol. The number of nitro groups is 1. The van der Waals surface area contributed by atoms with Gasteiger partial charge in [0.15, 0.2) is 0 Å². The minimum atomic E-state index is -0.719. The van der Waals surface area contributed by atoms with E-state index in [1.54, 1.807) is 26.0 Å². The van der Waals surface area contributed by atoms with Crippen LogP contribution in [0.5, 0.6) is 0 Å². The van der Waals surface area contributed by atoms with Crippen molar-refractivity contribution in [1.82, 2.24) is 5.32 Å². The molecule has 20 heavy (non-hydrogen) atoms. The molecule has 0 saturated carbocycles. The Morgan fingerprint density at radius 1 is 1.50 bits per heavy atom. The number of benzene rings is 1. The molecule has 0 heterocycles. The van der Waals surface area contributed by atoms with Crippen molar-refractivity contribution in [3.8, 4) is 0 Å². The third-order valence-electron chi connectivity index (χ3n) is 3.11. The number of carbonyl (C=O) groups is 1. The van der Waals surface area contributed by atoms with Gasteiger partial charge in [-0.1, -0.05) is 12.1 Å². The zero-order chi connectivity index (χ0) is 15.3. The van der Waals surface area contributed by atoms with E-state index >= 15 is 0 Å². The highest BCUT2D eigenvalue weighted by Gasteiger charge is 2.19. The summed E-state index contributed by atoms with van der Waals surface area (Å²) in [5, 5.41) is 22.5. The minimum Gasteiger partial charge on any atom is -0.392 e. The van der Waals surface area contributed by atoms with E-state index in [1.165, 1.54) is 12.1 Å². The molecule has 0 saturated heterocycles. The van der Waals surface area contributed by atoms with Gasteiger partial charge in [0, 0.05) is 24.7 Å². The van der Waals surface area contributed by atoms with Gasteiger partial charge in [-0.3, -0.25) is 14.9 Å². The molecule has 1 aromatic carbocycles. The number of aliphatic hydroxyl groups excluding tert-OH is 1. The van der Waals surface area contributed by atoms with E-state index in [0.29, 0.717) is 5.56 Å². The van der Waals surface area contributed by atoms with Crippen LogP contribution in [0, 0.1) is 10.1 Å². The van der Waals surface area contributed by atoms with Gasteiger partial charge in [0.2, 0.25) is 5.91 Å². The first-order valence-electron chi connectivity index (χ1n) is 6.28. The first kappa shape index (κ1) is 16.1. The van der Waals surface area contributed by atoms with E-state index in [9.17, 15) is 20.0 Å². The average Bonchev–Trinajstić information content (AvgIpc) is 2.43. The molecule has 110 valence electrons. The van der Waals surface area contributed by atoms with Gasteiger partial charge < -0.3 is 16.2 Å². The van der Waals surface area contributed by atoms with Crippen LogP contribution in [0.2, 0.25) is 0 Å². The third-order valence-corrected chi connectivity index (χ3v) is 3.11. The molecule has 0 aliphatic heterocycles. The molecule has 4 N–H and O–H groups in total. The molecular formula is C13H19N3O4. The fraction of sp³-hybridized carbons (Fsp3) is 0.462. The number of nitrogens with one attached hydrogen (secondary N) is 1. The van der Waals surface area contributed by atoms with E-state index in [2.05, 4.69) is 5.32 Å². The zero-order valence-corrected chi connectivity index (χ0v) is 11.4. The Bertz CT molecular complexity index is 490. The number of amides is 1. The van der Waals surface area contributed by atoms with Crippen molar-refractivity contribution in [2.24, 2.45) is 5.73 Å². The van der Waals surface area contributed by atoms with Gasteiger partial charge in [0.25, 0.3) is 5.69 Å². The summed E-state index contributed by atoms with van der Waals surface area (Å²) in [7, 11) is 0. The van der Waals surface area contributed by atoms with E-state index in [0.717, 1.165) is 0 Å². The van der Waals surface area contributed by atoms with E-state index in [1.807, 2.05) is 0 Å². The number of hydrogen-bond donors (Lipinski definition) is 3. The van der Waals surface area contributed by atoms with Crippen molar-refractivity contribution < 1.29 is 14.8 Å². The number of hydrogen-bond acceptors (Lipinski definition) is 5. The van der Waals surface area contributed by atoms with E-state index in [4.69, 9.17) is 5.73 Å². The first-order valence-corrected chi connectivity index (χ1v) is 6.28. The van der Waals surface area contributed by atoms with Crippen LogP contribution < -0.4 is 11.1 Å². The number of nitro benzene ring substituents is 1. The van der Waals surface area contributed by atoms with Gasteiger partial charge in [0.05, 0.1) is 16.9 Å².